The van der Waals surface area contributed by atoms with Crippen molar-refractivity contribution in [1.82, 2.24) is 19.6 Å². The van der Waals surface area contributed by atoms with Gasteiger partial charge in [0.2, 0.25) is 5.91 Å². The van der Waals surface area contributed by atoms with Crippen molar-refractivity contribution < 1.29 is 9.53 Å². The minimum atomic E-state index is -0.363. The third-order valence-electron chi connectivity index (χ3n) is 4.17. The Morgan fingerprint density at radius 2 is 1.89 bits per heavy atom. The van der Waals surface area contributed by atoms with E-state index in [-0.39, 0.29) is 23.6 Å². The molecule has 1 N–H and O–H groups in total. The molecule has 0 aliphatic carbocycles. The molecule has 0 aliphatic heterocycles. The normalized spacial score (nSPS) is 11.6. The van der Waals surface area contributed by atoms with Crippen molar-refractivity contribution in [2.24, 2.45) is 0 Å². The third kappa shape index (κ3) is 3.69. The fourth-order valence-electron chi connectivity index (χ4n) is 2.85. The molecule has 8 nitrogen and oxygen atoms in total. The van der Waals surface area contributed by atoms with Crippen LogP contribution in [0.2, 0.25) is 0 Å². The molecule has 3 aromatic rings. The first-order valence-electron chi connectivity index (χ1n) is 8.60. The number of methoxy groups -OCH3 is 1. The molecule has 3 rings (SSSR count). The summed E-state index contributed by atoms with van der Waals surface area (Å²) in [7, 11) is 1.58. The average Bonchev–Trinajstić information content (AvgIpc) is 3.06. The fourth-order valence-corrected chi connectivity index (χ4v) is 2.85. The smallest absolute Gasteiger partial charge is 0.293 e. The second kappa shape index (κ2) is 6.86. The standard InChI is InChI=1S/C19H23N5O3/c1-12-15-10-20-24(19(2,3)4)17(15)18(26)23(22-12)11-16(25)21-13-6-8-14(27-5)9-7-13/h6-10H,11H2,1-5H3,(H,21,25). The number of carbonyl (C=O) groups excluding carboxylic acids is 1. The van der Waals surface area contributed by atoms with Crippen molar-refractivity contribution >= 4 is 22.5 Å². The van der Waals surface area contributed by atoms with Crippen LogP contribution in [0.4, 0.5) is 5.69 Å². The molecule has 1 amide bonds. The number of hydrogen-bond acceptors (Lipinski definition) is 5. The lowest BCUT2D eigenvalue weighted by atomic mass is 10.1. The van der Waals surface area contributed by atoms with E-state index in [1.54, 1.807) is 49.2 Å². The second-order valence-corrected chi connectivity index (χ2v) is 7.31. The lowest BCUT2D eigenvalue weighted by molar-refractivity contribution is -0.117. The molecule has 0 radical (unpaired) electrons. The van der Waals surface area contributed by atoms with Crippen LogP contribution in [0.5, 0.6) is 5.75 Å². The first-order valence-corrected chi connectivity index (χ1v) is 8.60. The molecule has 1 aromatic carbocycles. The highest BCUT2D eigenvalue weighted by molar-refractivity contribution is 5.90. The van der Waals surface area contributed by atoms with Crippen LogP contribution in [0, 0.1) is 6.92 Å². The predicted octanol–water partition coefficient (Wildman–Crippen LogP) is 2.30. The Morgan fingerprint density at radius 3 is 2.48 bits per heavy atom. The van der Waals surface area contributed by atoms with Crippen LogP contribution in [-0.4, -0.2) is 32.6 Å². The van der Waals surface area contributed by atoms with Crippen LogP contribution in [0.25, 0.3) is 10.9 Å². The molecular formula is C19H23N5O3. The quantitative estimate of drug-likeness (QED) is 0.762. The van der Waals surface area contributed by atoms with Gasteiger partial charge in [-0.05, 0) is 52.0 Å². The van der Waals surface area contributed by atoms with E-state index in [9.17, 15) is 9.59 Å². The number of rotatable bonds is 4. The highest BCUT2D eigenvalue weighted by Crippen LogP contribution is 2.20. The molecule has 2 aromatic heterocycles. The number of carbonyl (C=O) groups is 1. The Hall–Kier alpha value is -3.16. The van der Waals surface area contributed by atoms with E-state index in [4.69, 9.17) is 4.74 Å². The van der Waals surface area contributed by atoms with Crippen LogP contribution in [0.15, 0.2) is 35.3 Å². The van der Waals surface area contributed by atoms with Crippen LogP contribution < -0.4 is 15.6 Å². The maximum absolute atomic E-state index is 12.9. The molecule has 0 unspecified atom stereocenters. The fraction of sp³-hybridized carbons (Fsp3) is 0.368. The summed E-state index contributed by atoms with van der Waals surface area (Å²) in [5.74, 6) is 0.359. The van der Waals surface area contributed by atoms with Gasteiger partial charge in [-0.3, -0.25) is 14.3 Å². The van der Waals surface area contributed by atoms with Gasteiger partial charge in [0.05, 0.1) is 24.5 Å². The molecule has 0 atom stereocenters. The number of aromatic nitrogens is 4. The number of hydrogen-bond donors (Lipinski definition) is 1. The first-order chi connectivity index (χ1) is 12.7. The molecule has 2 heterocycles. The zero-order valence-corrected chi connectivity index (χ0v) is 16.1. The van der Waals surface area contributed by atoms with Crippen LogP contribution in [0.1, 0.15) is 26.5 Å². The number of aryl methyl sites for hydroxylation is 1. The number of benzene rings is 1. The number of amides is 1. The van der Waals surface area contributed by atoms with E-state index in [0.717, 1.165) is 0 Å². The topological polar surface area (TPSA) is 91.0 Å². The van der Waals surface area contributed by atoms with Gasteiger partial charge < -0.3 is 10.1 Å². The zero-order chi connectivity index (χ0) is 19.8. The molecule has 0 saturated carbocycles. The molecule has 8 heteroatoms. The summed E-state index contributed by atoms with van der Waals surface area (Å²) < 4.78 is 7.95. The number of nitrogens with zero attached hydrogens (tertiary/aromatic N) is 4. The van der Waals surface area contributed by atoms with Crippen molar-refractivity contribution in [1.29, 1.82) is 0 Å². The molecule has 27 heavy (non-hydrogen) atoms. The van der Waals surface area contributed by atoms with E-state index in [1.165, 1.54) is 4.68 Å². The Balaban J connectivity index is 1.91. The second-order valence-electron chi connectivity index (χ2n) is 7.31. The minimum absolute atomic E-state index is 0.184. The maximum Gasteiger partial charge on any atom is 0.293 e. The van der Waals surface area contributed by atoms with Gasteiger partial charge in [0, 0.05) is 11.1 Å². The van der Waals surface area contributed by atoms with Crippen LogP contribution in [-0.2, 0) is 16.9 Å². The largest absolute Gasteiger partial charge is 0.497 e. The highest BCUT2D eigenvalue weighted by Gasteiger charge is 2.22. The van der Waals surface area contributed by atoms with Gasteiger partial charge in [0.15, 0.2) is 0 Å². The molecule has 0 saturated heterocycles. The van der Waals surface area contributed by atoms with Gasteiger partial charge in [0.1, 0.15) is 17.8 Å². The van der Waals surface area contributed by atoms with Gasteiger partial charge in [-0.25, -0.2) is 4.68 Å². The maximum atomic E-state index is 12.9. The summed E-state index contributed by atoms with van der Waals surface area (Å²) >= 11 is 0. The molecule has 0 fully saturated rings. The monoisotopic (exact) mass is 369 g/mol. The summed E-state index contributed by atoms with van der Waals surface area (Å²) in [6, 6.07) is 6.96. The van der Waals surface area contributed by atoms with Crippen molar-refractivity contribution in [2.45, 2.75) is 39.8 Å². The third-order valence-corrected chi connectivity index (χ3v) is 4.17. The lowest BCUT2D eigenvalue weighted by Gasteiger charge is -2.20. The van der Waals surface area contributed by atoms with Crippen molar-refractivity contribution in [3.05, 3.63) is 46.5 Å². The first kappa shape index (κ1) is 18.6. The Bertz CT molecular complexity index is 1040. The van der Waals surface area contributed by atoms with Crippen LogP contribution in [0.3, 0.4) is 0 Å². The van der Waals surface area contributed by atoms with E-state index < -0.39 is 0 Å². The Morgan fingerprint density at radius 1 is 1.22 bits per heavy atom. The lowest BCUT2D eigenvalue weighted by Crippen LogP contribution is -2.33. The Kier molecular flexibility index (Phi) is 4.73. The van der Waals surface area contributed by atoms with E-state index in [1.807, 2.05) is 20.8 Å². The summed E-state index contributed by atoms with van der Waals surface area (Å²) in [6.07, 6.45) is 1.64. The number of fused-ring (bicyclic) bond motifs is 1. The summed E-state index contributed by atoms with van der Waals surface area (Å²) in [5.41, 5.74) is 1.02. The Labute approximate surface area is 156 Å². The average molecular weight is 369 g/mol. The van der Waals surface area contributed by atoms with Crippen molar-refractivity contribution in [3.63, 3.8) is 0 Å². The van der Waals surface area contributed by atoms with E-state index >= 15 is 0 Å². The highest BCUT2D eigenvalue weighted by atomic mass is 16.5. The van der Waals surface area contributed by atoms with Gasteiger partial charge in [-0.1, -0.05) is 0 Å². The number of ether oxygens (including phenoxy) is 1. The molecular weight excluding hydrogens is 346 g/mol. The summed E-state index contributed by atoms with van der Waals surface area (Å²) in [4.78, 5) is 25.3. The van der Waals surface area contributed by atoms with Crippen molar-refractivity contribution in [2.75, 3.05) is 12.4 Å². The molecule has 142 valence electrons. The summed E-state index contributed by atoms with van der Waals surface area (Å²) in [6.45, 7) is 7.52. The number of anilines is 1. The van der Waals surface area contributed by atoms with E-state index in [0.29, 0.717) is 28.0 Å². The van der Waals surface area contributed by atoms with Gasteiger partial charge in [-0.2, -0.15) is 10.2 Å². The van der Waals surface area contributed by atoms with Crippen molar-refractivity contribution in [3.8, 4) is 5.75 Å². The molecule has 0 bridgehead atoms. The summed E-state index contributed by atoms with van der Waals surface area (Å²) in [5, 5.41) is 12.1. The van der Waals surface area contributed by atoms with E-state index in [2.05, 4.69) is 15.5 Å². The van der Waals surface area contributed by atoms with Gasteiger partial charge in [0.25, 0.3) is 5.56 Å². The van der Waals surface area contributed by atoms with Gasteiger partial charge in [-0.15, -0.1) is 0 Å². The number of nitrogens with one attached hydrogen (secondary N) is 1. The van der Waals surface area contributed by atoms with Crippen LogP contribution >= 0.6 is 0 Å². The predicted molar refractivity (Wildman–Crippen MR) is 103 cm³/mol. The van der Waals surface area contributed by atoms with Gasteiger partial charge >= 0.3 is 0 Å². The minimum Gasteiger partial charge on any atom is -0.497 e. The zero-order valence-electron chi connectivity index (χ0n) is 16.1. The molecule has 0 spiro atoms. The molecule has 0 aliphatic rings. The SMILES string of the molecule is COc1ccc(NC(=O)Cn2nc(C)c3cnn(C(C)(C)C)c3c2=O)cc1.